The van der Waals surface area contributed by atoms with Crippen LogP contribution >= 0.6 is 0 Å². The summed E-state index contributed by atoms with van der Waals surface area (Å²) in [5, 5.41) is 11.3. The van der Waals surface area contributed by atoms with E-state index in [2.05, 4.69) is 12.1 Å². The number of Topliss-reactive ketones (excluding diaryl/α,β-unsaturated/α-hetero) is 1. The third-order valence-electron chi connectivity index (χ3n) is 3.38. The molecule has 0 radical (unpaired) electrons. The standard InChI is InChI=1S/C15H12O2/c16-9-11-6-7-13-12-4-2-1-3-10(12)5-8-14(13)15(11)17/h1-5,8-9,16H,6-7H2/b11-9-. The normalized spacial score (nSPS) is 17.4. The van der Waals surface area contributed by atoms with Gasteiger partial charge in [-0.25, -0.2) is 0 Å². The van der Waals surface area contributed by atoms with Gasteiger partial charge in [-0.05, 0) is 29.2 Å². The second-order valence-corrected chi connectivity index (χ2v) is 4.30. The van der Waals surface area contributed by atoms with E-state index in [1.54, 1.807) is 0 Å². The van der Waals surface area contributed by atoms with Crippen LogP contribution in [0.2, 0.25) is 0 Å². The summed E-state index contributed by atoms with van der Waals surface area (Å²) < 4.78 is 0. The molecule has 17 heavy (non-hydrogen) atoms. The average molecular weight is 224 g/mol. The van der Waals surface area contributed by atoms with E-state index in [0.29, 0.717) is 12.0 Å². The van der Waals surface area contributed by atoms with Crippen molar-refractivity contribution >= 4 is 16.6 Å². The first-order valence-electron chi connectivity index (χ1n) is 5.70. The highest BCUT2D eigenvalue weighted by Gasteiger charge is 2.23. The lowest BCUT2D eigenvalue weighted by Crippen LogP contribution is -2.14. The molecular weight excluding hydrogens is 212 g/mol. The number of fused-ring (bicyclic) bond motifs is 3. The zero-order valence-electron chi connectivity index (χ0n) is 9.31. The van der Waals surface area contributed by atoms with Crippen LogP contribution < -0.4 is 0 Å². The van der Waals surface area contributed by atoms with Crippen LogP contribution in [0.4, 0.5) is 0 Å². The molecule has 1 aliphatic rings. The summed E-state index contributed by atoms with van der Waals surface area (Å²) in [7, 11) is 0. The number of aliphatic hydroxyl groups excluding tert-OH is 1. The second kappa shape index (κ2) is 3.74. The first-order chi connectivity index (χ1) is 8.31. The molecule has 2 heteroatoms. The molecule has 2 nitrogen and oxygen atoms in total. The molecule has 0 bridgehead atoms. The van der Waals surface area contributed by atoms with Gasteiger partial charge in [-0.3, -0.25) is 4.79 Å². The van der Waals surface area contributed by atoms with Crippen molar-refractivity contribution < 1.29 is 9.90 Å². The van der Waals surface area contributed by atoms with E-state index in [0.717, 1.165) is 34.6 Å². The van der Waals surface area contributed by atoms with Crippen LogP contribution in [0.3, 0.4) is 0 Å². The number of ketones is 1. The van der Waals surface area contributed by atoms with Gasteiger partial charge in [0.05, 0.1) is 6.26 Å². The van der Waals surface area contributed by atoms with Crippen molar-refractivity contribution in [3.8, 4) is 0 Å². The number of hydrogen-bond donors (Lipinski definition) is 1. The molecule has 0 atom stereocenters. The van der Waals surface area contributed by atoms with E-state index >= 15 is 0 Å². The molecule has 0 saturated heterocycles. The highest BCUT2D eigenvalue weighted by Crippen LogP contribution is 2.30. The molecule has 1 N–H and O–H groups in total. The maximum atomic E-state index is 12.1. The highest BCUT2D eigenvalue weighted by atomic mass is 16.2. The van der Waals surface area contributed by atoms with Crippen molar-refractivity contribution in [1.29, 1.82) is 0 Å². The van der Waals surface area contributed by atoms with Crippen molar-refractivity contribution in [2.24, 2.45) is 0 Å². The van der Waals surface area contributed by atoms with Gasteiger partial charge in [-0.15, -0.1) is 0 Å². The molecule has 0 fully saturated rings. The molecule has 0 unspecified atom stereocenters. The average Bonchev–Trinajstić information content (AvgIpc) is 2.39. The van der Waals surface area contributed by atoms with E-state index in [9.17, 15) is 4.79 Å². The number of aliphatic hydroxyl groups is 1. The van der Waals surface area contributed by atoms with Crippen LogP contribution in [-0.4, -0.2) is 10.9 Å². The van der Waals surface area contributed by atoms with Crippen molar-refractivity contribution in [2.75, 3.05) is 0 Å². The van der Waals surface area contributed by atoms with Gasteiger partial charge >= 0.3 is 0 Å². The van der Waals surface area contributed by atoms with Crippen molar-refractivity contribution in [2.45, 2.75) is 12.8 Å². The molecule has 1 aliphatic carbocycles. The number of allylic oxidation sites excluding steroid dienone is 1. The molecular formula is C15H12O2. The van der Waals surface area contributed by atoms with Gasteiger partial charge in [-0.2, -0.15) is 0 Å². The van der Waals surface area contributed by atoms with Gasteiger partial charge in [0.25, 0.3) is 0 Å². The first kappa shape index (κ1) is 10.1. The molecule has 0 amide bonds. The predicted octanol–water partition coefficient (Wildman–Crippen LogP) is 3.41. The monoisotopic (exact) mass is 224 g/mol. The van der Waals surface area contributed by atoms with Crippen LogP contribution in [-0.2, 0) is 6.42 Å². The van der Waals surface area contributed by atoms with E-state index in [1.807, 2.05) is 24.3 Å². The van der Waals surface area contributed by atoms with Gasteiger partial charge < -0.3 is 5.11 Å². The molecule has 0 aliphatic heterocycles. The number of aryl methyl sites for hydroxylation is 1. The van der Waals surface area contributed by atoms with Gasteiger partial charge in [0, 0.05) is 11.1 Å². The largest absolute Gasteiger partial charge is 0.515 e. The zero-order chi connectivity index (χ0) is 11.8. The third kappa shape index (κ3) is 1.45. The fraction of sp³-hybridized carbons (Fsp3) is 0.133. The van der Waals surface area contributed by atoms with E-state index in [4.69, 9.17) is 5.11 Å². The summed E-state index contributed by atoms with van der Waals surface area (Å²) in [5.41, 5.74) is 2.35. The summed E-state index contributed by atoms with van der Waals surface area (Å²) in [4.78, 5) is 12.1. The molecule has 0 aromatic heterocycles. The van der Waals surface area contributed by atoms with Crippen LogP contribution in [0, 0.1) is 0 Å². The van der Waals surface area contributed by atoms with E-state index in [1.165, 1.54) is 0 Å². The Bertz CT molecular complexity index is 638. The van der Waals surface area contributed by atoms with Crippen molar-refractivity contribution in [1.82, 2.24) is 0 Å². The Morgan fingerprint density at radius 3 is 2.71 bits per heavy atom. The number of carbonyl (C=O) groups is 1. The number of carbonyl (C=O) groups excluding carboxylic acids is 1. The lowest BCUT2D eigenvalue weighted by molar-refractivity contribution is 0.102. The minimum absolute atomic E-state index is 0.0421. The van der Waals surface area contributed by atoms with Crippen molar-refractivity contribution in [3.05, 3.63) is 59.4 Å². The zero-order valence-corrected chi connectivity index (χ0v) is 9.31. The Morgan fingerprint density at radius 2 is 1.88 bits per heavy atom. The lowest BCUT2D eigenvalue weighted by Gasteiger charge is -2.18. The summed E-state index contributed by atoms with van der Waals surface area (Å²) >= 11 is 0. The van der Waals surface area contributed by atoms with Gasteiger partial charge in [0.2, 0.25) is 0 Å². The lowest BCUT2D eigenvalue weighted by atomic mass is 9.84. The SMILES string of the molecule is O=C1/C(=C\O)CCc2c1ccc1ccccc21. The molecule has 2 aromatic carbocycles. The smallest absolute Gasteiger partial charge is 0.192 e. The highest BCUT2D eigenvalue weighted by molar-refractivity contribution is 6.13. The fourth-order valence-electron chi connectivity index (χ4n) is 2.49. The molecule has 0 heterocycles. The van der Waals surface area contributed by atoms with Gasteiger partial charge in [-0.1, -0.05) is 36.4 Å². The topological polar surface area (TPSA) is 37.3 Å². The quantitative estimate of drug-likeness (QED) is 0.550. The van der Waals surface area contributed by atoms with Crippen LogP contribution in [0.5, 0.6) is 0 Å². The van der Waals surface area contributed by atoms with Crippen LogP contribution in [0.25, 0.3) is 10.8 Å². The Morgan fingerprint density at radius 1 is 1.06 bits per heavy atom. The Labute approximate surface area is 99.2 Å². The fourth-order valence-corrected chi connectivity index (χ4v) is 2.49. The van der Waals surface area contributed by atoms with Gasteiger partial charge in [0.15, 0.2) is 5.78 Å². The molecule has 0 spiro atoms. The molecule has 0 saturated carbocycles. The van der Waals surface area contributed by atoms with Gasteiger partial charge in [0.1, 0.15) is 0 Å². The molecule has 3 rings (SSSR count). The number of hydrogen-bond acceptors (Lipinski definition) is 2. The summed E-state index contributed by atoms with van der Waals surface area (Å²) in [6, 6.07) is 11.9. The number of benzene rings is 2. The van der Waals surface area contributed by atoms with Crippen LogP contribution in [0.15, 0.2) is 48.2 Å². The Balaban J connectivity index is 2.30. The first-order valence-corrected chi connectivity index (χ1v) is 5.70. The predicted molar refractivity (Wildman–Crippen MR) is 67.3 cm³/mol. The number of rotatable bonds is 0. The van der Waals surface area contributed by atoms with E-state index < -0.39 is 0 Å². The summed E-state index contributed by atoms with van der Waals surface area (Å²) in [5.74, 6) is -0.0421. The van der Waals surface area contributed by atoms with Crippen LogP contribution in [0.1, 0.15) is 22.3 Å². The minimum atomic E-state index is -0.0421. The molecule has 2 aromatic rings. The van der Waals surface area contributed by atoms with E-state index in [-0.39, 0.29) is 5.78 Å². The maximum absolute atomic E-state index is 12.1. The maximum Gasteiger partial charge on any atom is 0.192 e. The Kier molecular flexibility index (Phi) is 2.22. The second-order valence-electron chi connectivity index (χ2n) is 4.30. The third-order valence-corrected chi connectivity index (χ3v) is 3.38. The minimum Gasteiger partial charge on any atom is -0.515 e. The molecule has 84 valence electrons. The summed E-state index contributed by atoms with van der Waals surface area (Å²) in [6.45, 7) is 0. The Hall–Kier alpha value is -2.09. The summed E-state index contributed by atoms with van der Waals surface area (Å²) in [6.07, 6.45) is 2.38. The van der Waals surface area contributed by atoms with Crippen molar-refractivity contribution in [3.63, 3.8) is 0 Å².